The van der Waals surface area contributed by atoms with Gasteiger partial charge in [0.25, 0.3) is 0 Å². The van der Waals surface area contributed by atoms with Gasteiger partial charge in [-0.2, -0.15) is 0 Å². The molecule has 2 N–H and O–H groups in total. The fourth-order valence-corrected chi connectivity index (χ4v) is 3.26. The Morgan fingerprint density at radius 3 is 1.65 bits per heavy atom. The molecule has 3 heteroatoms. The van der Waals surface area contributed by atoms with Crippen molar-refractivity contribution in [2.24, 2.45) is 0 Å². The van der Waals surface area contributed by atoms with Crippen LogP contribution in [0.2, 0.25) is 0 Å². The van der Waals surface area contributed by atoms with Crippen molar-refractivity contribution in [2.75, 3.05) is 0 Å². The summed E-state index contributed by atoms with van der Waals surface area (Å²) < 4.78 is 0. The van der Waals surface area contributed by atoms with Crippen molar-refractivity contribution in [1.29, 1.82) is 0 Å². The summed E-state index contributed by atoms with van der Waals surface area (Å²) in [4.78, 5) is 11.6. The Kier molecular flexibility index (Phi) is 4.81. The van der Waals surface area contributed by atoms with E-state index in [1.807, 2.05) is 75.4 Å². The summed E-state index contributed by atoms with van der Waals surface area (Å²) >= 11 is 0. The molecule has 0 spiro atoms. The number of benzene rings is 3. The predicted molar refractivity (Wildman–Crippen MR) is 103 cm³/mol. The Bertz CT molecular complexity index is 893. The second-order valence-corrected chi connectivity index (χ2v) is 6.81. The molecule has 0 saturated carbocycles. The van der Waals surface area contributed by atoms with E-state index in [0.717, 1.165) is 27.8 Å². The smallest absolute Gasteiger partial charge is 0.339 e. The van der Waals surface area contributed by atoms with Crippen LogP contribution >= 0.6 is 0 Å². The van der Waals surface area contributed by atoms with E-state index in [0.29, 0.717) is 5.56 Å². The maximum Gasteiger partial charge on any atom is 0.339 e. The lowest BCUT2D eigenvalue weighted by molar-refractivity contribution is 0.0693. The van der Waals surface area contributed by atoms with Gasteiger partial charge in [0.05, 0.1) is 0 Å². The second kappa shape index (κ2) is 7.04. The Hall–Kier alpha value is -3.07. The van der Waals surface area contributed by atoms with E-state index in [2.05, 4.69) is 0 Å². The number of carboxylic acid groups (broad SMARTS) is 1. The van der Waals surface area contributed by atoms with E-state index in [1.165, 1.54) is 6.07 Å². The predicted octanol–water partition coefficient (Wildman–Crippen LogP) is 5.20. The number of aromatic carboxylic acids is 1. The highest BCUT2D eigenvalue weighted by Crippen LogP contribution is 2.39. The summed E-state index contributed by atoms with van der Waals surface area (Å²) in [5.74, 6) is -1.54. The average molecular weight is 346 g/mol. The van der Waals surface area contributed by atoms with Crippen LogP contribution in [0, 0.1) is 20.8 Å². The Morgan fingerprint density at radius 1 is 0.769 bits per heavy atom. The highest BCUT2D eigenvalue weighted by atomic mass is 16.4. The zero-order valence-corrected chi connectivity index (χ0v) is 15.2. The maximum atomic E-state index is 11.6. The molecule has 0 fully saturated rings. The van der Waals surface area contributed by atoms with Crippen molar-refractivity contribution in [2.45, 2.75) is 26.7 Å². The third kappa shape index (κ3) is 3.47. The molecule has 0 aromatic heterocycles. The van der Waals surface area contributed by atoms with Gasteiger partial charge in [-0.1, -0.05) is 65.7 Å². The lowest BCUT2D eigenvalue weighted by Crippen LogP contribution is -2.07. The zero-order valence-electron chi connectivity index (χ0n) is 15.2. The molecule has 0 unspecified atom stereocenters. The topological polar surface area (TPSA) is 57.5 Å². The fourth-order valence-electron chi connectivity index (χ4n) is 3.26. The molecule has 3 nitrogen and oxygen atoms in total. The first kappa shape index (κ1) is 17.7. The Labute approximate surface area is 153 Å². The van der Waals surface area contributed by atoms with Crippen LogP contribution in [0.15, 0.2) is 60.7 Å². The number of rotatable bonds is 4. The van der Waals surface area contributed by atoms with Gasteiger partial charge in [0.1, 0.15) is 11.3 Å². The van der Waals surface area contributed by atoms with Gasteiger partial charge in [-0.3, -0.25) is 0 Å². The van der Waals surface area contributed by atoms with Crippen LogP contribution in [0.5, 0.6) is 5.75 Å². The van der Waals surface area contributed by atoms with Gasteiger partial charge in [0, 0.05) is 11.5 Å². The van der Waals surface area contributed by atoms with Gasteiger partial charge in [0.15, 0.2) is 0 Å². The van der Waals surface area contributed by atoms with Gasteiger partial charge >= 0.3 is 5.97 Å². The average Bonchev–Trinajstić information content (AvgIpc) is 2.61. The summed E-state index contributed by atoms with van der Waals surface area (Å²) in [6, 6.07) is 19.6. The van der Waals surface area contributed by atoms with Gasteiger partial charge in [-0.15, -0.1) is 0 Å². The second-order valence-electron chi connectivity index (χ2n) is 6.81. The standard InChI is InChI=1S/C23H22O3/c1-14-4-8-17(9-5-14)21(18-10-6-15(2)7-11-18)19-12-16(3)13-20(22(19)24)23(25)26/h4-13,21,24H,1-3H3,(H,25,26). The monoisotopic (exact) mass is 346 g/mol. The molecule has 0 heterocycles. The Balaban J connectivity index is 2.26. The van der Waals surface area contributed by atoms with Gasteiger partial charge in [0.2, 0.25) is 0 Å². The molecule has 0 aliphatic rings. The van der Waals surface area contributed by atoms with Crippen molar-refractivity contribution >= 4 is 5.97 Å². The highest BCUT2D eigenvalue weighted by molar-refractivity contribution is 5.91. The lowest BCUT2D eigenvalue weighted by Gasteiger charge is -2.22. The molecule has 3 rings (SSSR count). The highest BCUT2D eigenvalue weighted by Gasteiger charge is 2.24. The summed E-state index contributed by atoms with van der Waals surface area (Å²) in [6.07, 6.45) is 0. The van der Waals surface area contributed by atoms with Crippen LogP contribution in [0.3, 0.4) is 0 Å². The van der Waals surface area contributed by atoms with Crippen molar-refractivity contribution < 1.29 is 15.0 Å². The van der Waals surface area contributed by atoms with Crippen LogP contribution < -0.4 is 0 Å². The van der Waals surface area contributed by atoms with Crippen LogP contribution in [-0.4, -0.2) is 16.2 Å². The van der Waals surface area contributed by atoms with Gasteiger partial charge in [-0.05, 0) is 43.5 Å². The first-order valence-corrected chi connectivity index (χ1v) is 8.56. The van der Waals surface area contributed by atoms with Gasteiger partial charge < -0.3 is 10.2 Å². The fraction of sp³-hybridized carbons (Fsp3) is 0.174. The molecule has 0 saturated heterocycles. The van der Waals surface area contributed by atoms with E-state index in [4.69, 9.17) is 0 Å². The van der Waals surface area contributed by atoms with Crippen molar-refractivity contribution in [3.8, 4) is 5.75 Å². The number of hydrogen-bond donors (Lipinski definition) is 2. The van der Waals surface area contributed by atoms with E-state index in [-0.39, 0.29) is 17.2 Å². The number of carbonyl (C=O) groups is 1. The van der Waals surface area contributed by atoms with Crippen LogP contribution in [0.1, 0.15) is 49.7 Å². The van der Waals surface area contributed by atoms with E-state index < -0.39 is 5.97 Å². The molecule has 0 aliphatic heterocycles. The molecule has 26 heavy (non-hydrogen) atoms. The molecule has 0 bridgehead atoms. The van der Waals surface area contributed by atoms with Crippen molar-refractivity contribution in [3.05, 3.63) is 99.6 Å². The van der Waals surface area contributed by atoms with E-state index in [1.54, 1.807) is 0 Å². The van der Waals surface area contributed by atoms with Crippen LogP contribution in [0.4, 0.5) is 0 Å². The van der Waals surface area contributed by atoms with Gasteiger partial charge in [-0.25, -0.2) is 4.79 Å². The minimum Gasteiger partial charge on any atom is -0.507 e. The number of carboxylic acids is 1. The lowest BCUT2D eigenvalue weighted by atomic mass is 9.82. The number of aryl methyl sites for hydroxylation is 3. The maximum absolute atomic E-state index is 11.6. The largest absolute Gasteiger partial charge is 0.507 e. The number of hydrogen-bond acceptors (Lipinski definition) is 2. The van der Waals surface area contributed by atoms with E-state index in [9.17, 15) is 15.0 Å². The molecule has 132 valence electrons. The first-order chi connectivity index (χ1) is 12.4. The minimum atomic E-state index is -1.13. The third-order valence-electron chi connectivity index (χ3n) is 4.65. The quantitative estimate of drug-likeness (QED) is 0.639. The number of phenols is 1. The molecule has 0 amide bonds. The number of aromatic hydroxyl groups is 1. The van der Waals surface area contributed by atoms with Crippen molar-refractivity contribution in [1.82, 2.24) is 0 Å². The summed E-state index contributed by atoms with van der Waals surface area (Å²) in [5, 5.41) is 20.2. The molecule has 3 aromatic rings. The SMILES string of the molecule is Cc1ccc(C(c2ccc(C)cc2)c2cc(C)cc(C(=O)O)c2O)cc1. The minimum absolute atomic E-state index is 0.0655. The summed E-state index contributed by atoms with van der Waals surface area (Å²) in [6.45, 7) is 5.89. The van der Waals surface area contributed by atoms with Crippen molar-refractivity contribution in [3.63, 3.8) is 0 Å². The Morgan fingerprint density at radius 2 is 1.23 bits per heavy atom. The van der Waals surface area contributed by atoms with E-state index >= 15 is 0 Å². The van der Waals surface area contributed by atoms with Crippen LogP contribution in [-0.2, 0) is 0 Å². The summed E-state index contributed by atoms with van der Waals surface area (Å²) in [5.41, 5.74) is 5.67. The summed E-state index contributed by atoms with van der Waals surface area (Å²) in [7, 11) is 0. The normalized spacial score (nSPS) is 10.9. The molecular formula is C23H22O3. The molecule has 0 aliphatic carbocycles. The van der Waals surface area contributed by atoms with Crippen LogP contribution in [0.25, 0.3) is 0 Å². The third-order valence-corrected chi connectivity index (χ3v) is 4.65. The molecule has 3 aromatic carbocycles. The zero-order chi connectivity index (χ0) is 18.8. The molecule has 0 radical (unpaired) electrons. The molecule has 0 atom stereocenters. The first-order valence-electron chi connectivity index (χ1n) is 8.56. The molecular weight excluding hydrogens is 324 g/mol.